The second-order valence-electron chi connectivity index (χ2n) is 6.62. The number of hydrogen-bond acceptors (Lipinski definition) is 4. The number of rotatable bonds is 7. The summed E-state index contributed by atoms with van der Waals surface area (Å²) in [7, 11) is 1.38. The van der Waals surface area contributed by atoms with Crippen molar-refractivity contribution >= 4 is 5.97 Å². The van der Waals surface area contributed by atoms with E-state index in [0.717, 1.165) is 41.8 Å². The van der Waals surface area contributed by atoms with Crippen LogP contribution < -0.4 is 5.56 Å². The number of aromatic nitrogens is 2. The van der Waals surface area contributed by atoms with Crippen molar-refractivity contribution in [2.24, 2.45) is 0 Å². The lowest BCUT2D eigenvalue weighted by Gasteiger charge is -2.12. The van der Waals surface area contributed by atoms with Crippen molar-refractivity contribution in [3.05, 3.63) is 88.1 Å². The minimum Gasteiger partial charge on any atom is -0.465 e. The van der Waals surface area contributed by atoms with Gasteiger partial charge in [0.2, 0.25) is 0 Å². The van der Waals surface area contributed by atoms with Crippen LogP contribution in [0.15, 0.2) is 65.6 Å². The van der Waals surface area contributed by atoms with E-state index in [9.17, 15) is 9.59 Å². The predicted octanol–water partition coefficient (Wildman–Crippen LogP) is 4.09. The van der Waals surface area contributed by atoms with Crippen molar-refractivity contribution in [1.29, 1.82) is 0 Å². The fourth-order valence-corrected chi connectivity index (χ4v) is 3.17. The standard InChI is InChI=1S/C23H24N2O3/c1-3-4-9-21-24-15-14-22(26)25(21)16-17-10-12-18(13-11-17)19-7-5-6-8-20(19)23(27)28-2/h5-8,10-15H,3-4,9,16H2,1-2H3. The second kappa shape index (κ2) is 9.13. The highest BCUT2D eigenvalue weighted by Gasteiger charge is 2.12. The number of hydrogen-bond donors (Lipinski definition) is 0. The molecule has 0 atom stereocenters. The van der Waals surface area contributed by atoms with E-state index in [1.807, 2.05) is 42.5 Å². The van der Waals surface area contributed by atoms with E-state index in [0.29, 0.717) is 12.1 Å². The van der Waals surface area contributed by atoms with Crippen molar-refractivity contribution in [3.63, 3.8) is 0 Å². The SMILES string of the molecule is CCCCc1nccc(=O)n1Cc1ccc(-c2ccccc2C(=O)OC)cc1. The average Bonchev–Trinajstić information content (AvgIpc) is 2.74. The highest BCUT2D eigenvalue weighted by Crippen LogP contribution is 2.25. The predicted molar refractivity (Wildman–Crippen MR) is 109 cm³/mol. The first kappa shape index (κ1) is 19.5. The van der Waals surface area contributed by atoms with Gasteiger partial charge in [-0.3, -0.25) is 9.36 Å². The molecule has 3 rings (SSSR count). The van der Waals surface area contributed by atoms with Crippen LogP contribution >= 0.6 is 0 Å². The largest absolute Gasteiger partial charge is 0.465 e. The molecular formula is C23H24N2O3. The molecule has 0 aliphatic heterocycles. The number of methoxy groups -OCH3 is 1. The highest BCUT2D eigenvalue weighted by molar-refractivity contribution is 5.97. The van der Waals surface area contributed by atoms with E-state index in [-0.39, 0.29) is 11.5 Å². The zero-order valence-electron chi connectivity index (χ0n) is 16.2. The molecule has 144 valence electrons. The molecule has 1 aromatic heterocycles. The summed E-state index contributed by atoms with van der Waals surface area (Å²) in [5.74, 6) is 0.455. The Labute approximate surface area is 164 Å². The number of carbonyl (C=O) groups excluding carboxylic acids is 1. The van der Waals surface area contributed by atoms with Crippen LogP contribution in [0.2, 0.25) is 0 Å². The zero-order chi connectivity index (χ0) is 19.9. The molecule has 2 aromatic carbocycles. The molecule has 28 heavy (non-hydrogen) atoms. The molecule has 0 amide bonds. The summed E-state index contributed by atoms with van der Waals surface area (Å²) in [6, 6.07) is 16.7. The monoisotopic (exact) mass is 376 g/mol. The van der Waals surface area contributed by atoms with Crippen LogP contribution in [0, 0.1) is 0 Å². The molecule has 0 unspecified atom stereocenters. The fourth-order valence-electron chi connectivity index (χ4n) is 3.17. The zero-order valence-corrected chi connectivity index (χ0v) is 16.2. The molecule has 0 aliphatic rings. The number of benzene rings is 2. The number of esters is 1. The van der Waals surface area contributed by atoms with Crippen molar-refractivity contribution in [3.8, 4) is 11.1 Å². The minimum atomic E-state index is -0.359. The maximum Gasteiger partial charge on any atom is 0.338 e. The summed E-state index contributed by atoms with van der Waals surface area (Å²) in [4.78, 5) is 28.7. The Morgan fingerprint density at radius 1 is 1.07 bits per heavy atom. The van der Waals surface area contributed by atoms with Crippen LogP contribution in [-0.2, 0) is 17.7 Å². The van der Waals surface area contributed by atoms with E-state index in [2.05, 4.69) is 11.9 Å². The van der Waals surface area contributed by atoms with E-state index < -0.39 is 0 Å². The number of unbranched alkanes of at least 4 members (excludes halogenated alkanes) is 1. The quantitative estimate of drug-likeness (QED) is 0.583. The number of aryl methyl sites for hydroxylation is 1. The van der Waals surface area contributed by atoms with Crippen LogP contribution in [0.25, 0.3) is 11.1 Å². The number of ether oxygens (including phenoxy) is 1. The first-order valence-electron chi connectivity index (χ1n) is 9.45. The molecule has 0 saturated heterocycles. The summed E-state index contributed by atoms with van der Waals surface area (Å²) >= 11 is 0. The van der Waals surface area contributed by atoms with Crippen molar-refractivity contribution < 1.29 is 9.53 Å². The Bertz CT molecular complexity index is 1010. The summed E-state index contributed by atoms with van der Waals surface area (Å²) < 4.78 is 6.60. The number of carbonyl (C=O) groups is 1. The second-order valence-corrected chi connectivity index (χ2v) is 6.62. The van der Waals surface area contributed by atoms with Crippen LogP contribution in [0.1, 0.15) is 41.5 Å². The van der Waals surface area contributed by atoms with Gasteiger partial charge in [0.15, 0.2) is 0 Å². The lowest BCUT2D eigenvalue weighted by Crippen LogP contribution is -2.24. The smallest absolute Gasteiger partial charge is 0.338 e. The van der Waals surface area contributed by atoms with Crippen LogP contribution in [0.3, 0.4) is 0 Å². The summed E-state index contributed by atoms with van der Waals surface area (Å²) in [6.45, 7) is 2.60. The lowest BCUT2D eigenvalue weighted by molar-refractivity contribution is 0.0601. The summed E-state index contributed by atoms with van der Waals surface area (Å²) in [5, 5.41) is 0. The number of nitrogens with zero attached hydrogens (tertiary/aromatic N) is 2. The molecule has 0 aliphatic carbocycles. The molecule has 5 heteroatoms. The normalized spacial score (nSPS) is 10.6. The first-order chi connectivity index (χ1) is 13.6. The van der Waals surface area contributed by atoms with E-state index in [4.69, 9.17) is 4.74 Å². The third kappa shape index (κ3) is 4.36. The molecule has 3 aromatic rings. The Morgan fingerprint density at radius 3 is 2.54 bits per heavy atom. The van der Waals surface area contributed by atoms with Gasteiger partial charge in [0.05, 0.1) is 19.2 Å². The maximum atomic E-state index is 12.3. The van der Waals surface area contributed by atoms with Crippen LogP contribution in [0.4, 0.5) is 0 Å². The molecular weight excluding hydrogens is 352 g/mol. The van der Waals surface area contributed by atoms with Gasteiger partial charge >= 0.3 is 5.97 Å². The van der Waals surface area contributed by atoms with Gasteiger partial charge in [-0.2, -0.15) is 0 Å². The maximum absolute atomic E-state index is 12.3. The van der Waals surface area contributed by atoms with Crippen molar-refractivity contribution in [2.45, 2.75) is 32.7 Å². The molecule has 0 spiro atoms. The molecule has 0 fully saturated rings. The van der Waals surface area contributed by atoms with Gasteiger partial charge in [0.1, 0.15) is 5.82 Å². The van der Waals surface area contributed by atoms with Crippen LogP contribution in [0.5, 0.6) is 0 Å². The van der Waals surface area contributed by atoms with Crippen molar-refractivity contribution in [1.82, 2.24) is 9.55 Å². The third-order valence-electron chi connectivity index (χ3n) is 4.71. The highest BCUT2D eigenvalue weighted by atomic mass is 16.5. The Hall–Kier alpha value is -3.21. The topological polar surface area (TPSA) is 61.2 Å². The van der Waals surface area contributed by atoms with Gasteiger partial charge in [0.25, 0.3) is 5.56 Å². The van der Waals surface area contributed by atoms with Crippen molar-refractivity contribution in [2.75, 3.05) is 7.11 Å². The lowest BCUT2D eigenvalue weighted by atomic mass is 9.98. The summed E-state index contributed by atoms with van der Waals surface area (Å²) in [6.07, 6.45) is 4.42. The third-order valence-corrected chi connectivity index (χ3v) is 4.71. The van der Waals surface area contributed by atoms with Gasteiger partial charge in [0, 0.05) is 18.7 Å². The van der Waals surface area contributed by atoms with E-state index in [1.165, 1.54) is 13.2 Å². The van der Waals surface area contributed by atoms with Gasteiger partial charge in [-0.25, -0.2) is 9.78 Å². The Balaban J connectivity index is 1.88. The summed E-state index contributed by atoms with van der Waals surface area (Å²) in [5.41, 5.74) is 3.24. The van der Waals surface area contributed by atoms with Gasteiger partial charge < -0.3 is 4.74 Å². The van der Waals surface area contributed by atoms with Gasteiger partial charge in [-0.05, 0) is 29.2 Å². The molecule has 5 nitrogen and oxygen atoms in total. The Kier molecular flexibility index (Phi) is 6.37. The molecule has 0 saturated carbocycles. The Morgan fingerprint density at radius 2 is 1.82 bits per heavy atom. The van der Waals surface area contributed by atoms with E-state index in [1.54, 1.807) is 16.8 Å². The van der Waals surface area contributed by atoms with E-state index >= 15 is 0 Å². The molecule has 0 radical (unpaired) electrons. The van der Waals surface area contributed by atoms with Crippen LogP contribution in [-0.4, -0.2) is 22.6 Å². The first-order valence-corrected chi connectivity index (χ1v) is 9.45. The average molecular weight is 376 g/mol. The molecule has 0 N–H and O–H groups in total. The van der Waals surface area contributed by atoms with Gasteiger partial charge in [-0.1, -0.05) is 55.8 Å². The minimum absolute atomic E-state index is 0.0405. The van der Waals surface area contributed by atoms with Gasteiger partial charge in [-0.15, -0.1) is 0 Å². The molecule has 0 bridgehead atoms. The molecule has 1 heterocycles. The fraction of sp³-hybridized carbons (Fsp3) is 0.261.